The Balaban J connectivity index is 1.81. The summed E-state index contributed by atoms with van der Waals surface area (Å²) in [7, 11) is 3.49. The number of ether oxygens (including phenoxy) is 1. The third-order valence-electron chi connectivity index (χ3n) is 4.75. The van der Waals surface area contributed by atoms with Gasteiger partial charge in [0, 0.05) is 43.3 Å². The highest BCUT2D eigenvalue weighted by Crippen LogP contribution is 2.36. The van der Waals surface area contributed by atoms with Crippen LogP contribution in [0.5, 0.6) is 5.88 Å². The summed E-state index contributed by atoms with van der Waals surface area (Å²) in [6.45, 7) is 2.68. The van der Waals surface area contributed by atoms with Gasteiger partial charge in [-0.25, -0.2) is 9.19 Å². The second kappa shape index (κ2) is 7.69. The minimum atomic E-state index is -2.09. The van der Waals surface area contributed by atoms with Crippen LogP contribution in [-0.4, -0.2) is 35.2 Å². The van der Waals surface area contributed by atoms with E-state index in [9.17, 15) is 4.21 Å². The molecule has 8 nitrogen and oxygen atoms in total. The minimum absolute atomic E-state index is 0.528. The molecular formula is C20H21N5O3S. The Hall–Kier alpha value is -3.17. The van der Waals surface area contributed by atoms with E-state index in [1.165, 1.54) is 0 Å². The Morgan fingerprint density at radius 2 is 2.00 bits per heavy atom. The molecule has 0 bridgehead atoms. The highest BCUT2D eigenvalue weighted by molar-refractivity contribution is 7.80. The smallest absolute Gasteiger partial charge is 0.259 e. The molecule has 1 atom stereocenters. The van der Waals surface area contributed by atoms with E-state index in [0.717, 1.165) is 33.3 Å². The lowest BCUT2D eigenvalue weighted by atomic mass is 10.1. The van der Waals surface area contributed by atoms with Crippen LogP contribution in [0.2, 0.25) is 0 Å². The molecule has 0 spiro atoms. The Morgan fingerprint density at radius 1 is 1.24 bits per heavy atom. The Bertz CT molecular complexity index is 1200. The molecule has 0 aliphatic rings. The molecule has 9 heteroatoms. The molecule has 1 aromatic carbocycles. The first kappa shape index (κ1) is 19.2. The van der Waals surface area contributed by atoms with Crippen molar-refractivity contribution < 1.29 is 13.5 Å². The molecule has 0 amide bonds. The van der Waals surface area contributed by atoms with Crippen molar-refractivity contribution in [2.45, 2.75) is 13.5 Å². The van der Waals surface area contributed by atoms with Crippen molar-refractivity contribution >= 4 is 27.9 Å². The molecule has 0 aliphatic carbocycles. The van der Waals surface area contributed by atoms with Gasteiger partial charge in [-0.1, -0.05) is 12.1 Å². The maximum absolute atomic E-state index is 10.9. The van der Waals surface area contributed by atoms with Crippen LogP contribution in [0.3, 0.4) is 0 Å². The van der Waals surface area contributed by atoms with Crippen LogP contribution in [0.4, 0.5) is 5.69 Å². The van der Waals surface area contributed by atoms with Gasteiger partial charge < -0.3 is 9.30 Å². The predicted octanol–water partition coefficient (Wildman–Crippen LogP) is 3.35. The number of rotatable bonds is 6. The topological polar surface area (TPSA) is 94.2 Å². The van der Waals surface area contributed by atoms with Crippen LogP contribution >= 0.6 is 0 Å². The summed E-state index contributed by atoms with van der Waals surface area (Å²) in [5, 5.41) is 5.60. The first-order chi connectivity index (χ1) is 14.0. The van der Waals surface area contributed by atoms with Crippen molar-refractivity contribution in [1.82, 2.24) is 19.3 Å². The molecule has 1 unspecified atom stereocenters. The second-order valence-electron chi connectivity index (χ2n) is 6.77. The molecule has 4 rings (SSSR count). The molecule has 0 saturated heterocycles. The first-order valence-electron chi connectivity index (χ1n) is 8.95. The molecule has 0 saturated carbocycles. The number of hydrogen-bond donors (Lipinski definition) is 2. The standard InChI is InChI=1S/C20H21N5O3S/c1-13-11-25(12-14-4-6-15(7-5-14)23-29(26)27)19-16(13)10-21-20(28-3)18(19)17-8-9-24(2)22-17/h4-11,23H,12H2,1-3H3,(H,26,27). The van der Waals surface area contributed by atoms with E-state index in [0.29, 0.717) is 18.1 Å². The van der Waals surface area contributed by atoms with E-state index in [2.05, 4.69) is 32.5 Å². The number of aromatic nitrogens is 4. The number of nitrogens with one attached hydrogen (secondary N) is 1. The average Bonchev–Trinajstić information content (AvgIpc) is 3.26. The third-order valence-corrected chi connectivity index (χ3v) is 5.16. The van der Waals surface area contributed by atoms with E-state index >= 15 is 0 Å². The van der Waals surface area contributed by atoms with E-state index in [-0.39, 0.29) is 0 Å². The van der Waals surface area contributed by atoms with E-state index < -0.39 is 11.3 Å². The van der Waals surface area contributed by atoms with Crippen molar-refractivity contribution in [2.75, 3.05) is 11.8 Å². The summed E-state index contributed by atoms with van der Waals surface area (Å²) in [6.07, 6.45) is 5.81. The molecule has 3 heterocycles. The zero-order chi connectivity index (χ0) is 20.5. The van der Waals surface area contributed by atoms with Gasteiger partial charge in [0.15, 0.2) is 0 Å². The van der Waals surface area contributed by atoms with Crippen molar-refractivity contribution in [2.24, 2.45) is 7.05 Å². The van der Waals surface area contributed by atoms with Gasteiger partial charge in [-0.05, 0) is 36.2 Å². The van der Waals surface area contributed by atoms with E-state index in [4.69, 9.17) is 9.29 Å². The quantitative estimate of drug-likeness (QED) is 0.475. The van der Waals surface area contributed by atoms with E-state index in [1.807, 2.05) is 37.6 Å². The maximum Gasteiger partial charge on any atom is 0.259 e. The van der Waals surface area contributed by atoms with Gasteiger partial charge in [0.2, 0.25) is 5.88 Å². The Morgan fingerprint density at radius 3 is 2.62 bits per heavy atom. The zero-order valence-electron chi connectivity index (χ0n) is 16.3. The maximum atomic E-state index is 10.9. The molecule has 3 aromatic heterocycles. The summed E-state index contributed by atoms with van der Waals surface area (Å²) >= 11 is -2.09. The summed E-state index contributed by atoms with van der Waals surface area (Å²) in [5.41, 5.74) is 5.41. The van der Waals surface area contributed by atoms with Crippen molar-refractivity contribution in [3.63, 3.8) is 0 Å². The highest BCUT2D eigenvalue weighted by atomic mass is 32.2. The van der Waals surface area contributed by atoms with Crippen molar-refractivity contribution in [3.05, 3.63) is 60.0 Å². The number of fused-ring (bicyclic) bond motifs is 1. The average molecular weight is 411 g/mol. The van der Waals surface area contributed by atoms with Crippen molar-refractivity contribution in [3.8, 4) is 17.1 Å². The normalized spacial score (nSPS) is 12.3. The zero-order valence-corrected chi connectivity index (χ0v) is 17.1. The lowest BCUT2D eigenvalue weighted by Gasteiger charge is -2.12. The molecule has 2 N–H and O–H groups in total. The number of pyridine rings is 1. The number of nitrogens with zero attached hydrogens (tertiary/aromatic N) is 4. The second-order valence-corrected chi connectivity index (χ2v) is 7.47. The SMILES string of the molecule is COc1ncc2c(C)cn(Cc3ccc(NS(=O)O)cc3)c2c1-c1ccn(C)n1. The molecular weight excluding hydrogens is 390 g/mol. The number of methoxy groups -OCH3 is 1. The fraction of sp³-hybridized carbons (Fsp3) is 0.200. The van der Waals surface area contributed by atoms with Gasteiger partial charge in [0.05, 0.1) is 23.9 Å². The van der Waals surface area contributed by atoms with Gasteiger partial charge in [-0.3, -0.25) is 14.0 Å². The minimum Gasteiger partial charge on any atom is -0.480 e. The summed E-state index contributed by atoms with van der Waals surface area (Å²) < 4.78 is 31.8. The summed E-state index contributed by atoms with van der Waals surface area (Å²) in [5.74, 6) is 0.528. The summed E-state index contributed by atoms with van der Waals surface area (Å²) in [4.78, 5) is 4.49. The van der Waals surface area contributed by atoms with Crippen LogP contribution in [0.15, 0.2) is 48.9 Å². The van der Waals surface area contributed by atoms with Gasteiger partial charge in [-0.15, -0.1) is 0 Å². The number of hydrogen-bond acceptors (Lipinski definition) is 4. The number of anilines is 1. The van der Waals surface area contributed by atoms with Gasteiger partial charge in [0.25, 0.3) is 11.3 Å². The van der Waals surface area contributed by atoms with Crippen LogP contribution in [-0.2, 0) is 24.9 Å². The van der Waals surface area contributed by atoms with Crippen LogP contribution < -0.4 is 9.46 Å². The lowest BCUT2D eigenvalue weighted by molar-refractivity contribution is 0.400. The molecule has 150 valence electrons. The van der Waals surface area contributed by atoms with Gasteiger partial charge >= 0.3 is 0 Å². The molecule has 4 aromatic rings. The predicted molar refractivity (Wildman–Crippen MR) is 113 cm³/mol. The molecule has 0 fully saturated rings. The van der Waals surface area contributed by atoms with Crippen LogP contribution in [0.1, 0.15) is 11.1 Å². The number of aryl methyl sites for hydroxylation is 2. The first-order valence-corrected chi connectivity index (χ1v) is 10.1. The fourth-order valence-corrected chi connectivity index (χ4v) is 3.81. The Kier molecular flexibility index (Phi) is 5.08. The van der Waals surface area contributed by atoms with Gasteiger partial charge in [0.1, 0.15) is 0 Å². The van der Waals surface area contributed by atoms with Crippen LogP contribution in [0, 0.1) is 6.92 Å². The number of benzene rings is 1. The largest absolute Gasteiger partial charge is 0.480 e. The highest BCUT2D eigenvalue weighted by Gasteiger charge is 2.19. The van der Waals surface area contributed by atoms with Crippen molar-refractivity contribution in [1.29, 1.82) is 0 Å². The third kappa shape index (κ3) is 3.74. The molecule has 0 aliphatic heterocycles. The lowest BCUT2D eigenvalue weighted by Crippen LogP contribution is -2.03. The Labute approximate surface area is 170 Å². The fourth-order valence-electron chi connectivity index (χ4n) is 3.47. The molecule has 29 heavy (non-hydrogen) atoms. The molecule has 0 radical (unpaired) electrons. The van der Waals surface area contributed by atoms with E-state index in [1.54, 1.807) is 23.9 Å². The van der Waals surface area contributed by atoms with Gasteiger partial charge in [-0.2, -0.15) is 5.10 Å². The summed E-state index contributed by atoms with van der Waals surface area (Å²) in [6, 6.07) is 9.36. The van der Waals surface area contributed by atoms with Crippen LogP contribution in [0.25, 0.3) is 22.2 Å². The monoisotopic (exact) mass is 411 g/mol.